The van der Waals surface area contributed by atoms with Gasteiger partial charge in [-0.3, -0.25) is 0 Å². The summed E-state index contributed by atoms with van der Waals surface area (Å²) in [5.74, 6) is 0. The van der Waals surface area contributed by atoms with Crippen molar-refractivity contribution in [1.82, 2.24) is 9.80 Å². The SMILES string of the molecule is CCCCC1(N(C)C)CCN(CC)CC1. The number of rotatable bonds is 5. The standard InChI is InChI=1S/C13H28N2/c1-5-7-8-13(14(3)4)9-11-15(6-2)12-10-13/h5-12H2,1-4H3. The number of unbranched alkanes of at least 4 members (excludes halogenated alkanes) is 1. The molecule has 0 saturated carbocycles. The maximum absolute atomic E-state index is 2.58. The van der Waals surface area contributed by atoms with Gasteiger partial charge in [0.25, 0.3) is 0 Å². The monoisotopic (exact) mass is 212 g/mol. The van der Waals surface area contributed by atoms with Crippen LogP contribution in [0.4, 0.5) is 0 Å². The molecule has 0 aromatic heterocycles. The molecular formula is C13H28N2. The van der Waals surface area contributed by atoms with Gasteiger partial charge >= 0.3 is 0 Å². The summed E-state index contributed by atoms with van der Waals surface area (Å²) in [6, 6.07) is 0. The minimum atomic E-state index is 0.502. The molecule has 0 atom stereocenters. The first-order valence-corrected chi connectivity index (χ1v) is 6.54. The van der Waals surface area contributed by atoms with Crippen molar-refractivity contribution in [2.45, 2.75) is 51.5 Å². The molecule has 0 unspecified atom stereocenters. The summed E-state index contributed by atoms with van der Waals surface area (Å²) in [5, 5.41) is 0. The third-order valence-electron chi connectivity index (χ3n) is 4.18. The summed E-state index contributed by atoms with van der Waals surface area (Å²) < 4.78 is 0. The highest BCUT2D eigenvalue weighted by Crippen LogP contribution is 2.31. The van der Waals surface area contributed by atoms with Crippen molar-refractivity contribution < 1.29 is 0 Å². The Kier molecular flexibility index (Phi) is 5.07. The molecule has 0 spiro atoms. The third kappa shape index (κ3) is 3.18. The fraction of sp³-hybridized carbons (Fsp3) is 1.00. The summed E-state index contributed by atoms with van der Waals surface area (Å²) >= 11 is 0. The predicted molar refractivity (Wildman–Crippen MR) is 67.3 cm³/mol. The zero-order valence-corrected chi connectivity index (χ0v) is 11.1. The third-order valence-corrected chi connectivity index (χ3v) is 4.18. The molecule has 0 aliphatic carbocycles. The number of hydrogen-bond acceptors (Lipinski definition) is 2. The molecule has 1 aliphatic rings. The van der Waals surface area contributed by atoms with Gasteiger partial charge in [-0.1, -0.05) is 26.7 Å². The van der Waals surface area contributed by atoms with Crippen molar-refractivity contribution in [3.63, 3.8) is 0 Å². The number of hydrogen-bond donors (Lipinski definition) is 0. The van der Waals surface area contributed by atoms with E-state index in [1.807, 2.05) is 0 Å². The van der Waals surface area contributed by atoms with E-state index in [0.717, 1.165) is 0 Å². The molecule has 2 heteroatoms. The second kappa shape index (κ2) is 5.86. The Bertz CT molecular complexity index is 169. The maximum Gasteiger partial charge on any atom is 0.0227 e. The van der Waals surface area contributed by atoms with E-state index in [2.05, 4.69) is 37.7 Å². The van der Waals surface area contributed by atoms with Gasteiger partial charge in [-0.2, -0.15) is 0 Å². The van der Waals surface area contributed by atoms with E-state index in [1.165, 1.54) is 51.7 Å². The van der Waals surface area contributed by atoms with Crippen LogP contribution < -0.4 is 0 Å². The molecule has 0 aromatic rings. The molecule has 1 aliphatic heterocycles. The summed E-state index contributed by atoms with van der Waals surface area (Å²) in [5.41, 5.74) is 0.502. The van der Waals surface area contributed by atoms with Gasteiger partial charge in [0.05, 0.1) is 0 Å². The van der Waals surface area contributed by atoms with Crippen LogP contribution in [0.1, 0.15) is 46.0 Å². The van der Waals surface area contributed by atoms with E-state index in [0.29, 0.717) is 5.54 Å². The Morgan fingerprint density at radius 1 is 1.13 bits per heavy atom. The highest BCUT2D eigenvalue weighted by Gasteiger charge is 2.35. The highest BCUT2D eigenvalue weighted by atomic mass is 15.2. The van der Waals surface area contributed by atoms with Crippen LogP contribution in [-0.2, 0) is 0 Å². The summed E-state index contributed by atoms with van der Waals surface area (Å²) in [6.45, 7) is 8.37. The molecule has 1 saturated heterocycles. The maximum atomic E-state index is 2.58. The normalized spacial score (nSPS) is 22.2. The lowest BCUT2D eigenvalue weighted by Gasteiger charge is -2.46. The first kappa shape index (κ1) is 13.0. The van der Waals surface area contributed by atoms with Crippen molar-refractivity contribution in [3.8, 4) is 0 Å². The Morgan fingerprint density at radius 3 is 2.13 bits per heavy atom. The molecule has 0 N–H and O–H groups in total. The van der Waals surface area contributed by atoms with Crippen molar-refractivity contribution in [3.05, 3.63) is 0 Å². The molecule has 2 nitrogen and oxygen atoms in total. The largest absolute Gasteiger partial charge is 0.304 e. The molecule has 0 bridgehead atoms. The quantitative estimate of drug-likeness (QED) is 0.691. The van der Waals surface area contributed by atoms with Gasteiger partial charge in [-0.05, 0) is 53.0 Å². The highest BCUT2D eigenvalue weighted by molar-refractivity contribution is 4.92. The van der Waals surface area contributed by atoms with E-state index >= 15 is 0 Å². The summed E-state index contributed by atoms with van der Waals surface area (Å²) in [6.07, 6.45) is 6.80. The van der Waals surface area contributed by atoms with E-state index in [-0.39, 0.29) is 0 Å². The Labute approximate surface area is 95.6 Å². The van der Waals surface area contributed by atoms with E-state index in [4.69, 9.17) is 0 Å². The van der Waals surface area contributed by atoms with Gasteiger partial charge in [-0.25, -0.2) is 0 Å². The molecule has 1 heterocycles. The summed E-state index contributed by atoms with van der Waals surface area (Å²) in [4.78, 5) is 5.06. The lowest BCUT2D eigenvalue weighted by Crippen LogP contribution is -2.52. The molecule has 1 rings (SSSR count). The van der Waals surface area contributed by atoms with Crippen LogP contribution in [0.5, 0.6) is 0 Å². The zero-order chi connectivity index (χ0) is 11.3. The average molecular weight is 212 g/mol. The van der Waals surface area contributed by atoms with Crippen molar-refractivity contribution in [2.24, 2.45) is 0 Å². The number of likely N-dealkylation sites (tertiary alicyclic amines) is 1. The molecule has 90 valence electrons. The van der Waals surface area contributed by atoms with Crippen LogP contribution in [0.25, 0.3) is 0 Å². The van der Waals surface area contributed by atoms with Crippen LogP contribution in [0, 0.1) is 0 Å². The Morgan fingerprint density at radius 2 is 1.73 bits per heavy atom. The van der Waals surface area contributed by atoms with Gasteiger partial charge in [0, 0.05) is 5.54 Å². The van der Waals surface area contributed by atoms with Gasteiger partial charge in [-0.15, -0.1) is 0 Å². The lowest BCUT2D eigenvalue weighted by molar-refractivity contribution is 0.0494. The smallest absolute Gasteiger partial charge is 0.0227 e. The van der Waals surface area contributed by atoms with Gasteiger partial charge in [0.2, 0.25) is 0 Å². The van der Waals surface area contributed by atoms with Crippen LogP contribution in [0.2, 0.25) is 0 Å². The molecule has 0 radical (unpaired) electrons. The van der Waals surface area contributed by atoms with E-state index in [1.54, 1.807) is 0 Å². The van der Waals surface area contributed by atoms with Crippen molar-refractivity contribution >= 4 is 0 Å². The van der Waals surface area contributed by atoms with Crippen molar-refractivity contribution in [1.29, 1.82) is 0 Å². The predicted octanol–water partition coefficient (Wildman–Crippen LogP) is 2.59. The van der Waals surface area contributed by atoms with Crippen LogP contribution in [0.15, 0.2) is 0 Å². The minimum Gasteiger partial charge on any atom is -0.304 e. The molecule has 0 aromatic carbocycles. The number of nitrogens with zero attached hydrogens (tertiary/aromatic N) is 2. The average Bonchev–Trinajstić information content (AvgIpc) is 2.27. The first-order valence-electron chi connectivity index (χ1n) is 6.54. The minimum absolute atomic E-state index is 0.502. The van der Waals surface area contributed by atoms with Gasteiger partial charge in [0.15, 0.2) is 0 Å². The van der Waals surface area contributed by atoms with Crippen LogP contribution >= 0.6 is 0 Å². The van der Waals surface area contributed by atoms with Crippen LogP contribution in [-0.4, -0.2) is 49.1 Å². The second-order valence-corrected chi connectivity index (χ2v) is 5.16. The fourth-order valence-corrected chi connectivity index (χ4v) is 2.71. The Balaban J connectivity index is 2.52. The molecule has 0 amide bonds. The molecule has 1 fully saturated rings. The molecule has 15 heavy (non-hydrogen) atoms. The Hall–Kier alpha value is -0.0800. The number of piperidine rings is 1. The second-order valence-electron chi connectivity index (χ2n) is 5.16. The summed E-state index contributed by atoms with van der Waals surface area (Å²) in [7, 11) is 4.52. The van der Waals surface area contributed by atoms with Gasteiger partial charge < -0.3 is 9.80 Å². The zero-order valence-electron chi connectivity index (χ0n) is 11.1. The van der Waals surface area contributed by atoms with E-state index in [9.17, 15) is 0 Å². The van der Waals surface area contributed by atoms with Gasteiger partial charge in [0.1, 0.15) is 0 Å². The lowest BCUT2D eigenvalue weighted by atomic mass is 9.82. The molecular weight excluding hydrogens is 184 g/mol. The van der Waals surface area contributed by atoms with Crippen molar-refractivity contribution in [2.75, 3.05) is 33.7 Å². The topological polar surface area (TPSA) is 6.48 Å². The van der Waals surface area contributed by atoms with E-state index < -0.39 is 0 Å². The fourth-order valence-electron chi connectivity index (χ4n) is 2.71. The van der Waals surface area contributed by atoms with Crippen LogP contribution in [0.3, 0.4) is 0 Å². The first-order chi connectivity index (χ1) is 7.14.